The first kappa shape index (κ1) is 7.54. The lowest BCUT2D eigenvalue weighted by atomic mass is 9.95. The minimum absolute atomic E-state index is 0.00926. The van der Waals surface area contributed by atoms with Gasteiger partial charge in [-0.15, -0.1) is 0 Å². The van der Waals surface area contributed by atoms with E-state index >= 15 is 0 Å². The van der Waals surface area contributed by atoms with Crippen LogP contribution in [0.2, 0.25) is 0 Å². The van der Waals surface area contributed by atoms with E-state index in [-0.39, 0.29) is 5.92 Å². The molecule has 1 aliphatic rings. The Kier molecular flexibility index (Phi) is 1.68. The smallest absolute Gasteiger partial charge is 0.335 e. The zero-order valence-electron chi connectivity index (χ0n) is 6.00. The molecule has 1 atom stereocenters. The maximum absolute atomic E-state index is 10.5. The van der Waals surface area contributed by atoms with Gasteiger partial charge in [0.05, 0.1) is 0 Å². The van der Waals surface area contributed by atoms with Gasteiger partial charge < -0.3 is 10.2 Å². The van der Waals surface area contributed by atoms with Crippen LogP contribution in [-0.4, -0.2) is 21.8 Å². The fourth-order valence-electron chi connectivity index (χ4n) is 1.18. The first-order valence-corrected chi connectivity index (χ1v) is 3.57. The third-order valence-corrected chi connectivity index (χ3v) is 2.16. The maximum atomic E-state index is 10.5. The Labute approximate surface area is 59.7 Å². The second-order valence-corrected chi connectivity index (χ2v) is 2.86. The van der Waals surface area contributed by atoms with Crippen molar-refractivity contribution in [2.24, 2.45) is 5.92 Å². The molecule has 0 aliphatic heterocycles. The summed E-state index contributed by atoms with van der Waals surface area (Å²) in [6.07, 6.45) is 2.03. The Morgan fingerprint density at radius 1 is 1.70 bits per heavy atom. The average molecular weight is 144 g/mol. The Morgan fingerprint density at radius 2 is 2.20 bits per heavy atom. The van der Waals surface area contributed by atoms with Crippen LogP contribution in [0.15, 0.2) is 0 Å². The minimum Gasteiger partial charge on any atom is -0.479 e. The number of carboxylic acids is 1. The molecule has 0 radical (unpaired) electrons. The van der Waals surface area contributed by atoms with Crippen LogP contribution in [0.3, 0.4) is 0 Å². The summed E-state index contributed by atoms with van der Waals surface area (Å²) in [6, 6.07) is 0. The highest BCUT2D eigenvalue weighted by Crippen LogP contribution is 2.41. The SMILES string of the molecule is CCC(O)(C(=O)O)C1CC1. The zero-order chi connectivity index (χ0) is 7.78. The molecule has 0 amide bonds. The molecule has 1 aliphatic carbocycles. The molecule has 58 valence electrons. The lowest BCUT2D eigenvalue weighted by molar-refractivity contribution is -0.161. The second kappa shape index (κ2) is 2.23. The molecule has 0 saturated heterocycles. The van der Waals surface area contributed by atoms with Crippen LogP contribution in [-0.2, 0) is 4.79 Å². The van der Waals surface area contributed by atoms with E-state index in [9.17, 15) is 9.90 Å². The van der Waals surface area contributed by atoms with Crippen LogP contribution in [0.1, 0.15) is 26.2 Å². The summed E-state index contributed by atoms with van der Waals surface area (Å²) in [5, 5.41) is 18.0. The van der Waals surface area contributed by atoms with Crippen LogP contribution in [0.4, 0.5) is 0 Å². The largest absolute Gasteiger partial charge is 0.479 e. The van der Waals surface area contributed by atoms with Crippen molar-refractivity contribution in [3.05, 3.63) is 0 Å². The van der Waals surface area contributed by atoms with Crippen molar-refractivity contribution in [3.63, 3.8) is 0 Å². The van der Waals surface area contributed by atoms with Gasteiger partial charge in [-0.3, -0.25) is 0 Å². The van der Waals surface area contributed by atoms with Gasteiger partial charge in [-0.1, -0.05) is 6.92 Å². The Morgan fingerprint density at radius 3 is 2.30 bits per heavy atom. The molecular weight excluding hydrogens is 132 g/mol. The van der Waals surface area contributed by atoms with Crippen molar-refractivity contribution < 1.29 is 15.0 Å². The van der Waals surface area contributed by atoms with E-state index in [0.29, 0.717) is 6.42 Å². The van der Waals surface area contributed by atoms with E-state index in [4.69, 9.17) is 5.11 Å². The van der Waals surface area contributed by atoms with Crippen molar-refractivity contribution >= 4 is 5.97 Å². The summed E-state index contributed by atoms with van der Waals surface area (Å²) in [7, 11) is 0. The van der Waals surface area contributed by atoms with Gasteiger partial charge in [0.25, 0.3) is 0 Å². The van der Waals surface area contributed by atoms with Gasteiger partial charge in [0.1, 0.15) is 0 Å². The molecule has 1 saturated carbocycles. The zero-order valence-corrected chi connectivity index (χ0v) is 6.00. The molecule has 0 aromatic carbocycles. The van der Waals surface area contributed by atoms with Crippen molar-refractivity contribution in [2.75, 3.05) is 0 Å². The van der Waals surface area contributed by atoms with Crippen LogP contribution < -0.4 is 0 Å². The number of carbonyl (C=O) groups is 1. The number of rotatable bonds is 3. The van der Waals surface area contributed by atoms with Crippen LogP contribution in [0.5, 0.6) is 0 Å². The van der Waals surface area contributed by atoms with Crippen LogP contribution in [0.25, 0.3) is 0 Å². The first-order chi connectivity index (χ1) is 4.61. The highest BCUT2D eigenvalue weighted by atomic mass is 16.4. The number of aliphatic hydroxyl groups is 1. The molecule has 0 aromatic heterocycles. The van der Waals surface area contributed by atoms with Gasteiger partial charge in [0, 0.05) is 0 Å². The van der Waals surface area contributed by atoms with Gasteiger partial charge in [-0.2, -0.15) is 0 Å². The Balaban J connectivity index is 2.65. The highest BCUT2D eigenvalue weighted by molar-refractivity contribution is 5.77. The molecule has 3 nitrogen and oxygen atoms in total. The predicted octanol–water partition coefficient (Wildman–Crippen LogP) is 0.622. The number of hydrogen-bond donors (Lipinski definition) is 2. The summed E-state index contributed by atoms with van der Waals surface area (Å²) >= 11 is 0. The first-order valence-electron chi connectivity index (χ1n) is 3.57. The van der Waals surface area contributed by atoms with E-state index in [1.165, 1.54) is 0 Å². The Bertz CT molecular complexity index is 151. The fraction of sp³-hybridized carbons (Fsp3) is 0.857. The molecular formula is C7H12O3. The average Bonchev–Trinajstić information content (AvgIpc) is 2.67. The van der Waals surface area contributed by atoms with E-state index in [1.807, 2.05) is 0 Å². The molecule has 2 N–H and O–H groups in total. The van der Waals surface area contributed by atoms with Crippen LogP contribution in [0, 0.1) is 5.92 Å². The molecule has 0 aromatic rings. The quantitative estimate of drug-likeness (QED) is 0.610. The summed E-state index contributed by atoms with van der Waals surface area (Å²) in [5.41, 5.74) is -1.43. The topological polar surface area (TPSA) is 57.5 Å². The standard InChI is InChI=1S/C7H12O3/c1-2-7(10,6(8)9)5-3-4-5/h5,10H,2-4H2,1H3,(H,8,9). The van der Waals surface area contributed by atoms with Gasteiger partial charge in [0.15, 0.2) is 5.60 Å². The predicted molar refractivity (Wildman–Crippen MR) is 35.6 cm³/mol. The lowest BCUT2D eigenvalue weighted by Gasteiger charge is -2.20. The number of carboxylic acid groups (broad SMARTS) is 1. The van der Waals surface area contributed by atoms with Crippen LogP contribution >= 0.6 is 0 Å². The Hall–Kier alpha value is -0.570. The summed E-state index contributed by atoms with van der Waals surface area (Å²) in [5.74, 6) is -1.06. The molecule has 1 fully saturated rings. The molecule has 10 heavy (non-hydrogen) atoms. The third kappa shape index (κ3) is 1.01. The monoisotopic (exact) mass is 144 g/mol. The van der Waals surface area contributed by atoms with Crippen molar-refractivity contribution in [3.8, 4) is 0 Å². The molecule has 1 rings (SSSR count). The number of aliphatic carboxylic acids is 1. The third-order valence-electron chi connectivity index (χ3n) is 2.16. The van der Waals surface area contributed by atoms with Gasteiger partial charge in [-0.05, 0) is 25.2 Å². The molecule has 1 unspecified atom stereocenters. The summed E-state index contributed by atoms with van der Waals surface area (Å²) in [4.78, 5) is 10.5. The molecule has 0 spiro atoms. The van der Waals surface area contributed by atoms with Gasteiger partial charge in [0.2, 0.25) is 0 Å². The van der Waals surface area contributed by atoms with Crippen molar-refractivity contribution in [2.45, 2.75) is 31.8 Å². The normalized spacial score (nSPS) is 23.8. The van der Waals surface area contributed by atoms with E-state index in [1.54, 1.807) is 6.92 Å². The van der Waals surface area contributed by atoms with E-state index in [0.717, 1.165) is 12.8 Å². The minimum atomic E-state index is -1.43. The fourth-order valence-corrected chi connectivity index (χ4v) is 1.18. The van der Waals surface area contributed by atoms with E-state index < -0.39 is 11.6 Å². The molecule has 0 heterocycles. The molecule has 0 bridgehead atoms. The van der Waals surface area contributed by atoms with E-state index in [2.05, 4.69) is 0 Å². The summed E-state index contributed by atoms with van der Waals surface area (Å²) < 4.78 is 0. The lowest BCUT2D eigenvalue weighted by Crippen LogP contribution is -2.39. The molecule has 3 heteroatoms. The summed E-state index contributed by atoms with van der Waals surface area (Å²) in [6.45, 7) is 1.70. The van der Waals surface area contributed by atoms with Crippen molar-refractivity contribution in [1.29, 1.82) is 0 Å². The number of hydrogen-bond acceptors (Lipinski definition) is 2. The second-order valence-electron chi connectivity index (χ2n) is 2.86. The highest BCUT2D eigenvalue weighted by Gasteiger charge is 2.48. The van der Waals surface area contributed by atoms with Crippen molar-refractivity contribution in [1.82, 2.24) is 0 Å². The van der Waals surface area contributed by atoms with Gasteiger partial charge in [-0.25, -0.2) is 4.79 Å². The maximum Gasteiger partial charge on any atom is 0.335 e. The van der Waals surface area contributed by atoms with Gasteiger partial charge >= 0.3 is 5.97 Å².